The monoisotopic (exact) mass is 199 g/mol. The number of methoxy groups -OCH3 is 2. The Kier molecular flexibility index (Phi) is 4.80. The third-order valence-electron chi connectivity index (χ3n) is 2.86. The third-order valence-corrected chi connectivity index (χ3v) is 2.86. The smallest absolute Gasteiger partial charge is 0.234 e. The van der Waals surface area contributed by atoms with E-state index in [1.54, 1.807) is 20.3 Å². The first-order chi connectivity index (χ1) is 6.81. The highest BCUT2D eigenvalue weighted by molar-refractivity contribution is 5.32. The van der Waals surface area contributed by atoms with Crippen LogP contribution in [0, 0.1) is 5.92 Å². The number of rotatable bonds is 4. The minimum absolute atomic E-state index is 0.139. The van der Waals surface area contributed by atoms with E-state index in [0.29, 0.717) is 12.5 Å². The van der Waals surface area contributed by atoms with Crippen LogP contribution in [0.25, 0.3) is 0 Å². The second kappa shape index (κ2) is 5.91. The fourth-order valence-electron chi connectivity index (χ4n) is 2.03. The molecule has 0 aromatic heterocycles. The average Bonchev–Trinajstić information content (AvgIpc) is 2.25. The minimum Gasteiger partial charge on any atom is -0.379 e. The molecule has 0 radical (unpaired) electrons. The summed E-state index contributed by atoms with van der Waals surface area (Å²) in [6.45, 7) is 0.569. The van der Waals surface area contributed by atoms with Crippen LogP contribution < -0.4 is 0 Å². The van der Waals surface area contributed by atoms with E-state index in [4.69, 9.17) is 9.47 Å². The Morgan fingerprint density at radius 1 is 1.29 bits per heavy atom. The molecule has 3 atom stereocenters. The number of carbonyl (C=O) groups excluding carboxylic acids is 1. The van der Waals surface area contributed by atoms with Gasteiger partial charge >= 0.3 is 0 Å². The summed E-state index contributed by atoms with van der Waals surface area (Å²) in [4.78, 5) is 13.6. The number of nitrogens with zero attached hydrogens (tertiary/aromatic N) is 1. The van der Waals surface area contributed by atoms with Gasteiger partial charge < -0.3 is 9.47 Å². The first-order valence-corrected chi connectivity index (χ1v) is 4.91. The lowest BCUT2D eigenvalue weighted by Gasteiger charge is -2.33. The Bertz CT molecular complexity index is 213. The van der Waals surface area contributed by atoms with E-state index in [0.717, 1.165) is 19.3 Å². The van der Waals surface area contributed by atoms with Gasteiger partial charge in [-0.05, 0) is 25.2 Å². The molecule has 0 N–H and O–H groups in total. The number of ether oxygens (including phenoxy) is 2. The van der Waals surface area contributed by atoms with Crippen LogP contribution in [0.1, 0.15) is 19.3 Å². The fraction of sp³-hybridized carbons (Fsp3) is 0.900. The molecule has 0 heterocycles. The molecule has 1 saturated carbocycles. The molecular formula is C10H17NO3. The summed E-state index contributed by atoms with van der Waals surface area (Å²) in [6.07, 6.45) is 4.85. The summed E-state index contributed by atoms with van der Waals surface area (Å²) in [5.74, 6) is 0.438. The number of hydrogen-bond acceptors (Lipinski definition) is 4. The van der Waals surface area contributed by atoms with E-state index in [1.807, 2.05) is 0 Å². The Hall–Kier alpha value is -0.700. The highest BCUT2D eigenvalue weighted by Gasteiger charge is 2.30. The van der Waals surface area contributed by atoms with Crippen LogP contribution in [-0.2, 0) is 14.3 Å². The molecule has 1 fully saturated rings. The molecule has 80 valence electrons. The van der Waals surface area contributed by atoms with E-state index in [1.165, 1.54) is 0 Å². The summed E-state index contributed by atoms with van der Waals surface area (Å²) >= 11 is 0. The maximum atomic E-state index is 9.97. The van der Waals surface area contributed by atoms with Gasteiger partial charge in [0.2, 0.25) is 6.08 Å². The van der Waals surface area contributed by atoms with E-state index in [9.17, 15) is 4.79 Å². The van der Waals surface area contributed by atoms with Crippen molar-refractivity contribution in [1.29, 1.82) is 0 Å². The number of isocyanates is 1. The Morgan fingerprint density at radius 2 is 2.00 bits per heavy atom. The molecule has 1 aliphatic carbocycles. The number of aliphatic imine (C=N–C) groups is 1. The van der Waals surface area contributed by atoms with E-state index in [-0.39, 0.29) is 12.2 Å². The van der Waals surface area contributed by atoms with E-state index >= 15 is 0 Å². The summed E-state index contributed by atoms with van der Waals surface area (Å²) in [5, 5.41) is 0. The van der Waals surface area contributed by atoms with Crippen LogP contribution in [0.15, 0.2) is 4.99 Å². The van der Waals surface area contributed by atoms with Crippen LogP contribution in [-0.4, -0.2) is 39.1 Å². The molecule has 4 nitrogen and oxygen atoms in total. The average molecular weight is 199 g/mol. The minimum atomic E-state index is 0.139. The van der Waals surface area contributed by atoms with Crippen molar-refractivity contribution in [1.82, 2.24) is 0 Å². The van der Waals surface area contributed by atoms with Gasteiger partial charge in [0.15, 0.2) is 0 Å². The molecule has 0 aromatic carbocycles. The molecule has 0 spiro atoms. The van der Waals surface area contributed by atoms with Crippen molar-refractivity contribution in [2.45, 2.75) is 31.5 Å². The molecular weight excluding hydrogens is 182 g/mol. The normalized spacial score (nSPS) is 32.3. The van der Waals surface area contributed by atoms with Crippen molar-refractivity contribution in [2.75, 3.05) is 20.8 Å². The van der Waals surface area contributed by atoms with Crippen LogP contribution >= 0.6 is 0 Å². The van der Waals surface area contributed by atoms with Gasteiger partial charge in [0.05, 0.1) is 18.8 Å². The molecule has 1 aliphatic rings. The van der Waals surface area contributed by atoms with Gasteiger partial charge in [0.1, 0.15) is 0 Å². The lowest BCUT2D eigenvalue weighted by molar-refractivity contribution is -0.0692. The van der Waals surface area contributed by atoms with E-state index in [2.05, 4.69) is 4.99 Å². The second-order valence-corrected chi connectivity index (χ2v) is 3.66. The van der Waals surface area contributed by atoms with Gasteiger partial charge in [-0.25, -0.2) is 9.79 Å². The Morgan fingerprint density at radius 3 is 2.57 bits per heavy atom. The summed E-state index contributed by atoms with van der Waals surface area (Å²) in [6, 6.07) is 0. The first-order valence-electron chi connectivity index (χ1n) is 4.91. The summed E-state index contributed by atoms with van der Waals surface area (Å²) in [7, 11) is 3.41. The summed E-state index contributed by atoms with van der Waals surface area (Å²) in [5.41, 5.74) is 0. The van der Waals surface area contributed by atoms with Gasteiger partial charge in [-0.3, -0.25) is 0 Å². The molecule has 0 saturated heterocycles. The van der Waals surface area contributed by atoms with Crippen molar-refractivity contribution in [3.05, 3.63) is 0 Å². The second-order valence-electron chi connectivity index (χ2n) is 3.66. The zero-order chi connectivity index (χ0) is 10.4. The number of hydrogen-bond donors (Lipinski definition) is 0. The highest BCUT2D eigenvalue weighted by atomic mass is 16.5. The zero-order valence-electron chi connectivity index (χ0n) is 8.73. The molecule has 0 bridgehead atoms. The van der Waals surface area contributed by atoms with Gasteiger partial charge in [-0.15, -0.1) is 0 Å². The van der Waals surface area contributed by atoms with E-state index < -0.39 is 0 Å². The van der Waals surface area contributed by atoms with Crippen molar-refractivity contribution < 1.29 is 14.3 Å². The van der Waals surface area contributed by atoms with Crippen molar-refractivity contribution >= 4 is 6.08 Å². The Balaban J connectivity index is 2.43. The lowest BCUT2D eigenvalue weighted by Crippen LogP contribution is -2.37. The molecule has 0 amide bonds. The molecule has 4 heteroatoms. The standard InChI is InChI=1S/C10H17NO3/c1-13-9-4-3-8(6-11-7-12)5-10(9)14-2/h8-10H,3-6H2,1-2H3. The van der Waals surface area contributed by atoms with Crippen molar-refractivity contribution in [3.8, 4) is 0 Å². The Labute approximate surface area is 84.3 Å². The fourth-order valence-corrected chi connectivity index (χ4v) is 2.03. The predicted octanol–water partition coefficient (Wildman–Crippen LogP) is 1.15. The quantitative estimate of drug-likeness (QED) is 0.504. The van der Waals surface area contributed by atoms with Crippen LogP contribution in [0.4, 0.5) is 0 Å². The zero-order valence-corrected chi connectivity index (χ0v) is 8.73. The van der Waals surface area contributed by atoms with Crippen LogP contribution in [0.3, 0.4) is 0 Å². The maximum Gasteiger partial charge on any atom is 0.234 e. The molecule has 0 aromatic rings. The molecule has 0 aliphatic heterocycles. The predicted molar refractivity (Wildman–Crippen MR) is 51.9 cm³/mol. The van der Waals surface area contributed by atoms with Gasteiger partial charge in [-0.1, -0.05) is 0 Å². The first kappa shape index (κ1) is 11.4. The molecule has 14 heavy (non-hydrogen) atoms. The maximum absolute atomic E-state index is 9.97. The lowest BCUT2D eigenvalue weighted by atomic mass is 9.85. The van der Waals surface area contributed by atoms with Gasteiger partial charge in [0, 0.05) is 14.2 Å². The third kappa shape index (κ3) is 2.91. The highest BCUT2D eigenvalue weighted by Crippen LogP contribution is 2.28. The molecule has 3 unspecified atom stereocenters. The van der Waals surface area contributed by atoms with Crippen LogP contribution in [0.5, 0.6) is 0 Å². The van der Waals surface area contributed by atoms with Gasteiger partial charge in [-0.2, -0.15) is 0 Å². The molecule has 1 rings (SSSR count). The largest absolute Gasteiger partial charge is 0.379 e. The van der Waals surface area contributed by atoms with Crippen molar-refractivity contribution in [2.24, 2.45) is 10.9 Å². The van der Waals surface area contributed by atoms with Gasteiger partial charge in [0.25, 0.3) is 0 Å². The topological polar surface area (TPSA) is 47.9 Å². The SMILES string of the molecule is COC1CCC(CN=C=O)CC1OC. The summed E-state index contributed by atoms with van der Waals surface area (Å²) < 4.78 is 10.7. The van der Waals surface area contributed by atoms with Crippen LogP contribution in [0.2, 0.25) is 0 Å². The van der Waals surface area contributed by atoms with Crippen molar-refractivity contribution in [3.63, 3.8) is 0 Å².